The van der Waals surface area contributed by atoms with Gasteiger partial charge in [-0.05, 0) is 18.9 Å². The molecule has 0 aromatic carbocycles. The van der Waals surface area contributed by atoms with Crippen molar-refractivity contribution in [2.75, 3.05) is 26.2 Å². The van der Waals surface area contributed by atoms with Crippen LogP contribution in [0.1, 0.15) is 13.3 Å². The quantitative estimate of drug-likeness (QED) is 0.400. The van der Waals surface area contributed by atoms with Crippen molar-refractivity contribution in [2.24, 2.45) is 0 Å². The minimum absolute atomic E-state index is 0.128. The van der Waals surface area contributed by atoms with Crippen molar-refractivity contribution in [3.63, 3.8) is 0 Å². The Kier molecular flexibility index (Phi) is 4.08. The van der Waals surface area contributed by atoms with Gasteiger partial charge in [-0.1, -0.05) is 6.08 Å². The molecule has 1 amide bonds. The lowest BCUT2D eigenvalue weighted by Crippen LogP contribution is -2.36. The lowest BCUT2D eigenvalue weighted by atomic mass is 10.1. The van der Waals surface area contributed by atoms with E-state index in [1.165, 1.54) is 4.90 Å². The van der Waals surface area contributed by atoms with Crippen molar-refractivity contribution in [3.8, 4) is 0 Å². The lowest BCUT2D eigenvalue weighted by molar-refractivity contribution is -0.471. The van der Waals surface area contributed by atoms with E-state index in [4.69, 9.17) is 4.74 Å². The normalized spacial score (nSPS) is 15.8. The van der Waals surface area contributed by atoms with Gasteiger partial charge >= 0.3 is 6.09 Å². The van der Waals surface area contributed by atoms with Crippen LogP contribution in [0.15, 0.2) is 11.6 Å². The summed E-state index contributed by atoms with van der Waals surface area (Å²) >= 11 is 0. The van der Waals surface area contributed by atoms with Gasteiger partial charge in [0, 0.05) is 18.0 Å². The molecule has 6 nitrogen and oxygen atoms in total. The number of amides is 1. The highest BCUT2D eigenvalue weighted by Gasteiger charge is 2.19. The van der Waals surface area contributed by atoms with Gasteiger partial charge in [-0.3, -0.25) is 10.1 Å². The van der Waals surface area contributed by atoms with Crippen LogP contribution in [0, 0.1) is 10.1 Å². The first-order valence-corrected chi connectivity index (χ1v) is 4.85. The second kappa shape index (κ2) is 5.33. The summed E-state index contributed by atoms with van der Waals surface area (Å²) < 4.78 is 4.82. The van der Waals surface area contributed by atoms with E-state index in [-0.39, 0.29) is 17.6 Å². The number of nitrogens with zero attached hydrogens (tertiary/aromatic N) is 2. The molecule has 0 spiro atoms. The van der Waals surface area contributed by atoms with E-state index in [0.717, 1.165) is 5.57 Å². The topological polar surface area (TPSA) is 72.7 Å². The second-order valence-corrected chi connectivity index (χ2v) is 3.25. The van der Waals surface area contributed by atoms with Crippen LogP contribution in [0.5, 0.6) is 0 Å². The summed E-state index contributed by atoms with van der Waals surface area (Å²) in [6.45, 7) is 2.87. The van der Waals surface area contributed by atoms with Crippen molar-refractivity contribution >= 4 is 6.09 Å². The van der Waals surface area contributed by atoms with Crippen LogP contribution in [0.25, 0.3) is 0 Å². The zero-order valence-corrected chi connectivity index (χ0v) is 8.64. The van der Waals surface area contributed by atoms with E-state index in [1.54, 1.807) is 13.0 Å². The first-order valence-electron chi connectivity index (χ1n) is 4.85. The molecule has 0 N–H and O–H groups in total. The van der Waals surface area contributed by atoms with E-state index in [0.29, 0.717) is 26.1 Å². The third-order valence-electron chi connectivity index (χ3n) is 2.16. The maximum atomic E-state index is 11.3. The number of rotatable bonds is 3. The van der Waals surface area contributed by atoms with E-state index in [2.05, 4.69) is 0 Å². The Bertz CT molecular complexity index is 288. The molecule has 84 valence electrons. The molecule has 0 radical (unpaired) electrons. The van der Waals surface area contributed by atoms with Gasteiger partial charge in [-0.2, -0.15) is 0 Å². The van der Waals surface area contributed by atoms with Gasteiger partial charge in [-0.25, -0.2) is 4.79 Å². The van der Waals surface area contributed by atoms with E-state index >= 15 is 0 Å². The van der Waals surface area contributed by atoms with Crippen molar-refractivity contribution in [2.45, 2.75) is 13.3 Å². The summed E-state index contributed by atoms with van der Waals surface area (Å²) in [5.74, 6) is 0. The van der Waals surface area contributed by atoms with Crippen molar-refractivity contribution in [1.29, 1.82) is 0 Å². The molecule has 0 aromatic heterocycles. The highest BCUT2D eigenvalue weighted by Crippen LogP contribution is 2.11. The lowest BCUT2D eigenvalue weighted by Gasteiger charge is -2.24. The summed E-state index contributed by atoms with van der Waals surface area (Å²) in [4.78, 5) is 22.7. The second-order valence-electron chi connectivity index (χ2n) is 3.25. The Hall–Kier alpha value is -1.59. The van der Waals surface area contributed by atoms with Gasteiger partial charge in [0.05, 0.1) is 6.61 Å². The summed E-state index contributed by atoms with van der Waals surface area (Å²) in [5.41, 5.74) is 0.778. The van der Waals surface area contributed by atoms with Crippen LogP contribution >= 0.6 is 0 Å². The molecule has 0 saturated heterocycles. The molecule has 0 atom stereocenters. The fraction of sp³-hybridized carbons (Fsp3) is 0.667. The first-order chi connectivity index (χ1) is 7.13. The number of hydrogen-bond acceptors (Lipinski definition) is 4. The Balaban J connectivity index is 2.43. The molecule has 0 aromatic rings. The summed E-state index contributed by atoms with van der Waals surface area (Å²) in [5, 5.41) is 10.2. The molecule has 0 aliphatic carbocycles. The molecule has 0 bridgehead atoms. The van der Waals surface area contributed by atoms with Crippen molar-refractivity contribution in [1.82, 2.24) is 4.90 Å². The Morgan fingerprint density at radius 2 is 2.47 bits per heavy atom. The standard InChI is InChI=1S/C9H14N2O4/c1-2-15-9(12)10-5-3-8(4-6-10)7-11(13)14/h3H,2,4-7H2,1H3. The third-order valence-corrected chi connectivity index (χ3v) is 2.16. The number of nitro groups is 1. The largest absolute Gasteiger partial charge is 0.450 e. The number of carbonyl (C=O) groups is 1. The molecular weight excluding hydrogens is 200 g/mol. The molecule has 6 heteroatoms. The average Bonchev–Trinajstić information content (AvgIpc) is 2.18. The Labute approximate surface area is 87.7 Å². The minimum atomic E-state index is -0.355. The number of ether oxygens (including phenoxy) is 1. The van der Waals surface area contributed by atoms with Gasteiger partial charge < -0.3 is 9.64 Å². The molecule has 0 fully saturated rings. The van der Waals surface area contributed by atoms with Crippen LogP contribution in [-0.2, 0) is 4.74 Å². The van der Waals surface area contributed by atoms with Crippen LogP contribution in [0.3, 0.4) is 0 Å². The van der Waals surface area contributed by atoms with E-state index in [1.807, 2.05) is 0 Å². The maximum absolute atomic E-state index is 11.3. The van der Waals surface area contributed by atoms with Crippen LogP contribution in [0.4, 0.5) is 4.79 Å². The van der Waals surface area contributed by atoms with Gasteiger partial charge in [0.1, 0.15) is 0 Å². The van der Waals surface area contributed by atoms with Gasteiger partial charge in [0.15, 0.2) is 0 Å². The third kappa shape index (κ3) is 3.57. The van der Waals surface area contributed by atoms with Crippen LogP contribution in [0.2, 0.25) is 0 Å². The smallest absolute Gasteiger partial charge is 0.410 e. The molecule has 1 aliphatic rings. The summed E-state index contributed by atoms with van der Waals surface area (Å²) in [7, 11) is 0. The zero-order chi connectivity index (χ0) is 11.3. The Morgan fingerprint density at radius 3 is 2.93 bits per heavy atom. The van der Waals surface area contributed by atoms with Gasteiger partial charge in [0.2, 0.25) is 6.54 Å². The maximum Gasteiger partial charge on any atom is 0.410 e. The summed E-state index contributed by atoms with van der Waals surface area (Å²) in [6.07, 6.45) is 1.93. The number of carbonyl (C=O) groups excluding carboxylic acids is 1. The predicted molar refractivity (Wildman–Crippen MR) is 53.2 cm³/mol. The van der Waals surface area contributed by atoms with Crippen LogP contribution < -0.4 is 0 Å². The molecule has 15 heavy (non-hydrogen) atoms. The fourth-order valence-electron chi connectivity index (χ4n) is 1.40. The highest BCUT2D eigenvalue weighted by molar-refractivity contribution is 5.68. The number of hydrogen-bond donors (Lipinski definition) is 0. The molecule has 1 heterocycles. The first kappa shape index (κ1) is 11.5. The predicted octanol–water partition coefficient (Wildman–Crippen LogP) is 1.05. The zero-order valence-electron chi connectivity index (χ0n) is 8.64. The molecule has 1 aliphatic heterocycles. The monoisotopic (exact) mass is 214 g/mol. The minimum Gasteiger partial charge on any atom is -0.450 e. The van der Waals surface area contributed by atoms with Crippen LogP contribution in [-0.4, -0.2) is 42.2 Å². The molecule has 0 saturated carbocycles. The highest BCUT2D eigenvalue weighted by atomic mass is 16.6. The van der Waals surface area contributed by atoms with Crippen molar-refractivity contribution in [3.05, 3.63) is 21.8 Å². The van der Waals surface area contributed by atoms with Gasteiger partial charge in [-0.15, -0.1) is 0 Å². The fourth-order valence-corrected chi connectivity index (χ4v) is 1.40. The molecular formula is C9H14N2O4. The van der Waals surface area contributed by atoms with E-state index in [9.17, 15) is 14.9 Å². The van der Waals surface area contributed by atoms with Gasteiger partial charge in [0.25, 0.3) is 0 Å². The molecule has 0 unspecified atom stereocenters. The van der Waals surface area contributed by atoms with Crippen molar-refractivity contribution < 1.29 is 14.5 Å². The Morgan fingerprint density at radius 1 is 1.73 bits per heavy atom. The van der Waals surface area contributed by atoms with E-state index < -0.39 is 0 Å². The SMILES string of the molecule is CCOC(=O)N1CC=C(C[N+](=O)[O-])CC1. The average molecular weight is 214 g/mol. The summed E-state index contributed by atoms with van der Waals surface area (Å²) in [6, 6.07) is 0. The molecule has 1 rings (SSSR count).